The molecule has 0 aliphatic rings. The molecule has 0 unspecified atom stereocenters. The third-order valence-electron chi connectivity index (χ3n) is 3.09. The Morgan fingerprint density at radius 3 is 2.75 bits per heavy atom. The number of aryl methyl sites for hydroxylation is 1. The van der Waals surface area contributed by atoms with Crippen molar-refractivity contribution >= 4 is 5.91 Å². The summed E-state index contributed by atoms with van der Waals surface area (Å²) in [5, 5.41) is 6.80. The van der Waals surface area contributed by atoms with Crippen LogP contribution in [0.2, 0.25) is 0 Å². The van der Waals surface area contributed by atoms with Gasteiger partial charge in [-0.3, -0.25) is 9.89 Å². The van der Waals surface area contributed by atoms with Crippen LogP contribution in [0.5, 0.6) is 0 Å². The van der Waals surface area contributed by atoms with Gasteiger partial charge in [-0.2, -0.15) is 0 Å². The van der Waals surface area contributed by atoms with E-state index in [2.05, 4.69) is 21.2 Å². The van der Waals surface area contributed by atoms with E-state index in [1.165, 1.54) is 5.56 Å². The van der Waals surface area contributed by atoms with Gasteiger partial charge in [-0.1, -0.05) is 43.7 Å². The maximum absolute atomic E-state index is 12.3. The minimum absolute atomic E-state index is 0.172. The van der Waals surface area contributed by atoms with Gasteiger partial charge in [0.25, 0.3) is 5.91 Å². The Bertz CT molecular complexity index is 603. The number of hydrogen-bond donors (Lipinski definition) is 1. The molecule has 0 spiro atoms. The number of nitrogens with zero attached hydrogens (tertiary/aromatic N) is 3. The molecule has 5 nitrogen and oxygen atoms in total. The van der Waals surface area contributed by atoms with Gasteiger partial charge in [0.1, 0.15) is 5.82 Å². The van der Waals surface area contributed by atoms with Crippen LogP contribution in [0.15, 0.2) is 24.3 Å². The highest BCUT2D eigenvalue weighted by Gasteiger charge is 2.18. The Morgan fingerprint density at radius 1 is 1.40 bits per heavy atom. The van der Waals surface area contributed by atoms with Crippen molar-refractivity contribution in [3.8, 4) is 0 Å². The maximum Gasteiger partial charge on any atom is 0.293 e. The molecule has 1 aromatic carbocycles. The van der Waals surface area contributed by atoms with Gasteiger partial charge in [-0.15, -0.1) is 5.10 Å². The van der Waals surface area contributed by atoms with Crippen LogP contribution >= 0.6 is 0 Å². The highest BCUT2D eigenvalue weighted by Crippen LogP contribution is 2.11. The largest absolute Gasteiger partial charge is 0.335 e. The van der Waals surface area contributed by atoms with Gasteiger partial charge in [0, 0.05) is 19.5 Å². The first-order chi connectivity index (χ1) is 9.47. The Kier molecular flexibility index (Phi) is 4.17. The van der Waals surface area contributed by atoms with Crippen LogP contribution in [0.1, 0.15) is 47.3 Å². The van der Waals surface area contributed by atoms with E-state index in [0.717, 1.165) is 11.4 Å². The lowest BCUT2D eigenvalue weighted by atomic mass is 10.1. The highest BCUT2D eigenvalue weighted by atomic mass is 16.2. The van der Waals surface area contributed by atoms with Crippen molar-refractivity contribution in [2.45, 2.75) is 33.2 Å². The number of benzene rings is 1. The van der Waals surface area contributed by atoms with E-state index in [0.29, 0.717) is 6.54 Å². The fraction of sp³-hybridized carbons (Fsp3) is 0.400. The van der Waals surface area contributed by atoms with E-state index in [4.69, 9.17) is 0 Å². The third kappa shape index (κ3) is 3.23. The molecule has 2 rings (SSSR count). The Labute approximate surface area is 119 Å². The van der Waals surface area contributed by atoms with E-state index in [9.17, 15) is 4.79 Å². The molecular weight excluding hydrogens is 252 g/mol. The molecule has 1 amide bonds. The zero-order valence-electron chi connectivity index (χ0n) is 12.3. The first kappa shape index (κ1) is 14.2. The van der Waals surface area contributed by atoms with Gasteiger partial charge in [0.15, 0.2) is 0 Å². The molecule has 0 saturated heterocycles. The van der Waals surface area contributed by atoms with E-state index < -0.39 is 0 Å². The number of hydrogen-bond acceptors (Lipinski definition) is 3. The summed E-state index contributed by atoms with van der Waals surface area (Å²) in [6.07, 6.45) is 0. The molecule has 0 aliphatic carbocycles. The van der Waals surface area contributed by atoms with E-state index in [-0.39, 0.29) is 17.6 Å². The van der Waals surface area contributed by atoms with Crippen molar-refractivity contribution < 1.29 is 4.79 Å². The number of carbonyl (C=O) groups is 1. The van der Waals surface area contributed by atoms with Crippen molar-refractivity contribution in [1.29, 1.82) is 0 Å². The van der Waals surface area contributed by atoms with Gasteiger partial charge >= 0.3 is 0 Å². The monoisotopic (exact) mass is 272 g/mol. The van der Waals surface area contributed by atoms with E-state index in [1.807, 2.05) is 39.0 Å². The number of amides is 1. The molecule has 5 heteroatoms. The summed E-state index contributed by atoms with van der Waals surface area (Å²) in [4.78, 5) is 18.1. The Morgan fingerprint density at radius 2 is 2.15 bits per heavy atom. The van der Waals surface area contributed by atoms with Crippen LogP contribution in [-0.4, -0.2) is 33.0 Å². The van der Waals surface area contributed by atoms with Crippen LogP contribution in [0, 0.1) is 6.92 Å². The van der Waals surface area contributed by atoms with Crippen molar-refractivity contribution in [2.75, 3.05) is 7.05 Å². The Balaban J connectivity index is 2.08. The van der Waals surface area contributed by atoms with Crippen molar-refractivity contribution in [2.24, 2.45) is 0 Å². The zero-order chi connectivity index (χ0) is 14.7. The van der Waals surface area contributed by atoms with Gasteiger partial charge in [0.2, 0.25) is 5.82 Å². The summed E-state index contributed by atoms with van der Waals surface area (Å²) in [6.45, 7) is 6.60. The van der Waals surface area contributed by atoms with Gasteiger partial charge in [0.05, 0.1) is 0 Å². The summed E-state index contributed by atoms with van der Waals surface area (Å²) in [6, 6.07) is 8.11. The number of H-pyrrole nitrogens is 1. The van der Waals surface area contributed by atoms with Crippen LogP contribution in [-0.2, 0) is 6.54 Å². The average molecular weight is 272 g/mol. The quantitative estimate of drug-likeness (QED) is 0.930. The van der Waals surface area contributed by atoms with Gasteiger partial charge < -0.3 is 4.90 Å². The lowest BCUT2D eigenvalue weighted by Crippen LogP contribution is -2.27. The maximum atomic E-state index is 12.3. The summed E-state index contributed by atoms with van der Waals surface area (Å²) in [7, 11) is 1.76. The van der Waals surface area contributed by atoms with Crippen molar-refractivity contribution in [3.05, 3.63) is 47.0 Å². The van der Waals surface area contributed by atoms with Crippen molar-refractivity contribution in [1.82, 2.24) is 20.1 Å². The standard InChI is InChI=1S/C15H20N4O/c1-10(2)13-16-14(18-17-13)15(20)19(4)9-12-7-5-6-11(3)8-12/h5-8,10H,9H2,1-4H3,(H,16,17,18). The summed E-state index contributed by atoms with van der Waals surface area (Å²) in [5.74, 6) is 1.02. The molecule has 0 fully saturated rings. The molecule has 0 bridgehead atoms. The molecule has 1 heterocycles. The van der Waals surface area contributed by atoms with E-state index in [1.54, 1.807) is 11.9 Å². The van der Waals surface area contributed by atoms with E-state index >= 15 is 0 Å². The fourth-order valence-corrected chi connectivity index (χ4v) is 1.96. The SMILES string of the molecule is Cc1cccc(CN(C)C(=O)c2n[nH]c(C(C)C)n2)c1. The molecular formula is C15H20N4O. The fourth-order valence-electron chi connectivity index (χ4n) is 1.96. The second-order valence-corrected chi connectivity index (χ2v) is 5.35. The lowest BCUT2D eigenvalue weighted by molar-refractivity contribution is 0.0773. The average Bonchev–Trinajstić information content (AvgIpc) is 2.87. The third-order valence-corrected chi connectivity index (χ3v) is 3.09. The summed E-state index contributed by atoms with van der Waals surface area (Å²) >= 11 is 0. The van der Waals surface area contributed by atoms with Crippen LogP contribution in [0.4, 0.5) is 0 Å². The lowest BCUT2D eigenvalue weighted by Gasteiger charge is -2.15. The molecule has 106 valence electrons. The molecule has 0 radical (unpaired) electrons. The second kappa shape index (κ2) is 5.86. The molecule has 20 heavy (non-hydrogen) atoms. The molecule has 0 aliphatic heterocycles. The van der Waals surface area contributed by atoms with Crippen LogP contribution < -0.4 is 0 Å². The number of carbonyl (C=O) groups excluding carboxylic acids is 1. The van der Waals surface area contributed by atoms with Gasteiger partial charge in [-0.25, -0.2) is 4.98 Å². The Hall–Kier alpha value is -2.17. The summed E-state index contributed by atoms with van der Waals surface area (Å²) < 4.78 is 0. The first-order valence-electron chi connectivity index (χ1n) is 6.70. The van der Waals surface area contributed by atoms with Crippen LogP contribution in [0.3, 0.4) is 0 Å². The normalized spacial score (nSPS) is 10.8. The minimum atomic E-state index is -0.172. The smallest absolute Gasteiger partial charge is 0.293 e. The molecule has 2 aromatic rings. The first-order valence-corrected chi connectivity index (χ1v) is 6.70. The molecule has 1 aromatic heterocycles. The second-order valence-electron chi connectivity index (χ2n) is 5.35. The van der Waals surface area contributed by atoms with Crippen molar-refractivity contribution in [3.63, 3.8) is 0 Å². The van der Waals surface area contributed by atoms with Crippen LogP contribution in [0.25, 0.3) is 0 Å². The minimum Gasteiger partial charge on any atom is -0.335 e. The molecule has 1 N–H and O–H groups in total. The summed E-state index contributed by atoms with van der Waals surface area (Å²) in [5.41, 5.74) is 2.28. The van der Waals surface area contributed by atoms with Gasteiger partial charge in [-0.05, 0) is 12.5 Å². The number of aromatic amines is 1. The predicted octanol–water partition coefficient (Wildman–Crippen LogP) is 2.51. The number of aromatic nitrogens is 3. The molecule has 0 atom stereocenters. The number of nitrogens with one attached hydrogen (secondary N) is 1. The predicted molar refractivity (Wildman–Crippen MR) is 77.4 cm³/mol. The number of rotatable bonds is 4. The highest BCUT2D eigenvalue weighted by molar-refractivity contribution is 5.90. The topological polar surface area (TPSA) is 61.9 Å². The zero-order valence-corrected chi connectivity index (χ0v) is 12.3. The molecule has 0 saturated carbocycles.